The Kier molecular flexibility index (Phi) is 7.49. The van der Waals surface area contributed by atoms with Gasteiger partial charge >= 0.3 is 0 Å². The van der Waals surface area contributed by atoms with E-state index in [2.05, 4.69) is 46.1 Å². The second-order valence-electron chi connectivity index (χ2n) is 10.0. The number of rotatable bonds is 7. The summed E-state index contributed by atoms with van der Waals surface area (Å²) >= 11 is 0. The van der Waals surface area contributed by atoms with Crippen LogP contribution in [-0.4, -0.2) is 59.4 Å². The lowest BCUT2D eigenvalue weighted by Crippen LogP contribution is -2.51. The normalized spacial score (nSPS) is 17.9. The molecule has 7 nitrogen and oxygen atoms in total. The van der Waals surface area contributed by atoms with Crippen molar-refractivity contribution < 1.29 is 9.59 Å². The molecule has 0 N–H and O–H groups in total. The van der Waals surface area contributed by atoms with Crippen LogP contribution in [0.15, 0.2) is 60.7 Å². The first kappa shape index (κ1) is 24.9. The summed E-state index contributed by atoms with van der Waals surface area (Å²) < 4.78 is 0. The molecule has 5 rings (SSSR count). The molecule has 2 aromatic carbocycles. The quantitative estimate of drug-likeness (QED) is 0.481. The standard InChI is InChI=1S/C30H35N5O2/c1-3-4-8-23-11-13-26(14-12-23)35-21-25(19-29(35)36)30(37)34-17-15-33(16-18-34)28-20-27(31-22(2)32-28)24-9-6-5-7-10-24/h5-7,9-14,20,25H,3-4,8,15-19,21H2,1-2H3. The first-order chi connectivity index (χ1) is 18.0. The van der Waals surface area contributed by atoms with Gasteiger partial charge in [0.05, 0.1) is 11.6 Å². The second kappa shape index (κ2) is 11.1. The summed E-state index contributed by atoms with van der Waals surface area (Å²) in [7, 11) is 0. The molecule has 0 spiro atoms. The molecule has 0 aliphatic carbocycles. The number of aryl methyl sites for hydroxylation is 2. The van der Waals surface area contributed by atoms with Crippen LogP contribution < -0.4 is 9.80 Å². The van der Waals surface area contributed by atoms with Crippen molar-refractivity contribution in [3.63, 3.8) is 0 Å². The number of carbonyl (C=O) groups excluding carboxylic acids is 2. The average Bonchev–Trinajstić information content (AvgIpc) is 3.33. The highest BCUT2D eigenvalue weighted by atomic mass is 16.2. The van der Waals surface area contributed by atoms with Crippen molar-refractivity contribution in [1.82, 2.24) is 14.9 Å². The van der Waals surface area contributed by atoms with Gasteiger partial charge in [0.1, 0.15) is 11.6 Å². The van der Waals surface area contributed by atoms with Crippen molar-refractivity contribution in [3.8, 4) is 11.3 Å². The fourth-order valence-corrected chi connectivity index (χ4v) is 5.23. The molecule has 1 atom stereocenters. The summed E-state index contributed by atoms with van der Waals surface area (Å²) in [6.45, 7) is 7.22. The largest absolute Gasteiger partial charge is 0.353 e. The molecule has 2 aliphatic rings. The molecule has 2 fully saturated rings. The lowest BCUT2D eigenvalue weighted by Gasteiger charge is -2.36. The summed E-state index contributed by atoms with van der Waals surface area (Å²) in [6.07, 6.45) is 3.66. The van der Waals surface area contributed by atoms with Crippen molar-refractivity contribution in [1.29, 1.82) is 0 Å². The van der Waals surface area contributed by atoms with Crippen LogP contribution in [-0.2, 0) is 16.0 Å². The maximum Gasteiger partial charge on any atom is 0.228 e. The molecule has 1 aromatic heterocycles. The average molecular weight is 498 g/mol. The number of hydrogen-bond acceptors (Lipinski definition) is 5. The van der Waals surface area contributed by atoms with Crippen LogP contribution in [0.25, 0.3) is 11.3 Å². The Morgan fingerprint density at radius 1 is 0.973 bits per heavy atom. The van der Waals surface area contributed by atoms with Crippen LogP contribution >= 0.6 is 0 Å². The number of amides is 2. The predicted molar refractivity (Wildman–Crippen MR) is 147 cm³/mol. The van der Waals surface area contributed by atoms with Gasteiger partial charge in [-0.1, -0.05) is 55.8 Å². The maximum atomic E-state index is 13.3. The SMILES string of the molecule is CCCCc1ccc(N2CC(C(=O)N3CCN(c4cc(-c5ccccc5)nc(C)n4)CC3)CC2=O)cc1. The highest BCUT2D eigenvalue weighted by Crippen LogP contribution is 2.28. The van der Waals surface area contributed by atoms with Gasteiger partial charge < -0.3 is 14.7 Å². The molecular weight excluding hydrogens is 462 g/mol. The van der Waals surface area contributed by atoms with E-state index in [1.165, 1.54) is 5.56 Å². The van der Waals surface area contributed by atoms with E-state index in [9.17, 15) is 9.59 Å². The zero-order chi connectivity index (χ0) is 25.8. The van der Waals surface area contributed by atoms with Crippen LogP contribution in [0.1, 0.15) is 37.6 Å². The summed E-state index contributed by atoms with van der Waals surface area (Å²) in [6, 6.07) is 20.4. The third-order valence-corrected chi connectivity index (χ3v) is 7.35. The molecule has 0 bridgehead atoms. The van der Waals surface area contributed by atoms with Crippen molar-refractivity contribution in [2.24, 2.45) is 5.92 Å². The molecule has 3 heterocycles. The fourth-order valence-electron chi connectivity index (χ4n) is 5.23. The molecule has 2 amide bonds. The van der Waals surface area contributed by atoms with Crippen LogP contribution in [0.2, 0.25) is 0 Å². The molecule has 2 aliphatic heterocycles. The van der Waals surface area contributed by atoms with Crippen molar-refractivity contribution in [2.75, 3.05) is 42.5 Å². The minimum atomic E-state index is -0.287. The number of unbranched alkanes of at least 4 members (excludes halogenated alkanes) is 1. The van der Waals surface area contributed by atoms with E-state index in [4.69, 9.17) is 0 Å². The Morgan fingerprint density at radius 2 is 1.70 bits per heavy atom. The fraction of sp³-hybridized carbons (Fsp3) is 0.400. The molecule has 2 saturated heterocycles. The summed E-state index contributed by atoms with van der Waals surface area (Å²) in [5.74, 6) is 1.45. The van der Waals surface area contributed by atoms with Gasteiger partial charge in [0, 0.05) is 56.5 Å². The Labute approximate surface area is 219 Å². The predicted octanol–water partition coefficient (Wildman–Crippen LogP) is 4.50. The molecule has 3 aromatic rings. The summed E-state index contributed by atoms with van der Waals surface area (Å²) in [4.78, 5) is 41.3. The number of nitrogens with zero attached hydrogens (tertiary/aromatic N) is 5. The van der Waals surface area contributed by atoms with Crippen molar-refractivity contribution in [3.05, 3.63) is 72.1 Å². The Hall–Kier alpha value is -3.74. The minimum Gasteiger partial charge on any atom is -0.353 e. The topological polar surface area (TPSA) is 69.6 Å². The third kappa shape index (κ3) is 5.66. The zero-order valence-corrected chi connectivity index (χ0v) is 21.8. The van der Waals surface area contributed by atoms with Crippen LogP contribution in [0.5, 0.6) is 0 Å². The molecule has 37 heavy (non-hydrogen) atoms. The Balaban J connectivity index is 1.19. The van der Waals surface area contributed by atoms with E-state index in [0.29, 0.717) is 32.7 Å². The van der Waals surface area contributed by atoms with Gasteiger partial charge in [-0.25, -0.2) is 9.97 Å². The van der Waals surface area contributed by atoms with Gasteiger partial charge in [0.15, 0.2) is 0 Å². The highest BCUT2D eigenvalue weighted by Gasteiger charge is 2.38. The van der Waals surface area contributed by atoms with Crippen LogP contribution in [0, 0.1) is 12.8 Å². The monoisotopic (exact) mass is 497 g/mol. The number of benzene rings is 2. The van der Waals surface area contributed by atoms with Gasteiger partial charge in [0.25, 0.3) is 0 Å². The summed E-state index contributed by atoms with van der Waals surface area (Å²) in [5.41, 5.74) is 4.15. The lowest BCUT2D eigenvalue weighted by molar-refractivity contribution is -0.136. The van der Waals surface area contributed by atoms with E-state index in [-0.39, 0.29) is 24.2 Å². The highest BCUT2D eigenvalue weighted by molar-refractivity contribution is 6.00. The lowest BCUT2D eigenvalue weighted by atomic mass is 10.1. The smallest absolute Gasteiger partial charge is 0.228 e. The maximum absolute atomic E-state index is 13.3. The van der Waals surface area contributed by atoms with Gasteiger partial charge in [-0.15, -0.1) is 0 Å². The van der Waals surface area contributed by atoms with Crippen LogP contribution in [0.4, 0.5) is 11.5 Å². The minimum absolute atomic E-state index is 0.0307. The summed E-state index contributed by atoms with van der Waals surface area (Å²) in [5, 5.41) is 0. The molecule has 0 radical (unpaired) electrons. The van der Waals surface area contributed by atoms with Gasteiger partial charge in [-0.3, -0.25) is 9.59 Å². The molecule has 1 unspecified atom stereocenters. The second-order valence-corrected chi connectivity index (χ2v) is 10.0. The number of carbonyl (C=O) groups is 2. The zero-order valence-electron chi connectivity index (χ0n) is 21.8. The number of piperazine rings is 1. The van der Waals surface area contributed by atoms with E-state index >= 15 is 0 Å². The van der Waals surface area contributed by atoms with Crippen molar-refractivity contribution in [2.45, 2.75) is 39.5 Å². The molecule has 0 saturated carbocycles. The van der Waals surface area contributed by atoms with E-state index in [1.54, 1.807) is 4.90 Å². The van der Waals surface area contributed by atoms with Gasteiger partial charge in [-0.05, 0) is 37.5 Å². The molecular formula is C30H35N5O2. The third-order valence-electron chi connectivity index (χ3n) is 7.35. The molecule has 7 heteroatoms. The van der Waals surface area contributed by atoms with E-state index in [1.807, 2.05) is 48.2 Å². The molecule has 192 valence electrons. The van der Waals surface area contributed by atoms with Crippen molar-refractivity contribution >= 4 is 23.3 Å². The first-order valence-electron chi connectivity index (χ1n) is 13.4. The number of anilines is 2. The Morgan fingerprint density at radius 3 is 2.41 bits per heavy atom. The van der Waals surface area contributed by atoms with E-state index < -0.39 is 0 Å². The first-order valence-corrected chi connectivity index (χ1v) is 13.4. The number of hydrogen-bond donors (Lipinski definition) is 0. The van der Waals surface area contributed by atoms with Gasteiger partial charge in [-0.2, -0.15) is 0 Å². The van der Waals surface area contributed by atoms with E-state index in [0.717, 1.165) is 47.8 Å². The Bertz CT molecular complexity index is 1240. The van der Waals surface area contributed by atoms with Gasteiger partial charge in [0.2, 0.25) is 11.8 Å². The number of aromatic nitrogens is 2. The van der Waals surface area contributed by atoms with Crippen LogP contribution in [0.3, 0.4) is 0 Å².